The van der Waals surface area contributed by atoms with Crippen molar-refractivity contribution in [1.29, 1.82) is 0 Å². The second-order valence-corrected chi connectivity index (χ2v) is 5.31. The number of hydrogen-bond donors (Lipinski definition) is 2. The third-order valence-corrected chi connectivity index (χ3v) is 3.53. The number of nitrogens with zero attached hydrogens (tertiary/aromatic N) is 1. The molecule has 0 aromatic carbocycles. The van der Waals surface area contributed by atoms with Crippen molar-refractivity contribution in [3.8, 4) is 0 Å². The van der Waals surface area contributed by atoms with Crippen LogP contribution in [0.5, 0.6) is 0 Å². The average molecular weight is 272 g/mol. The summed E-state index contributed by atoms with van der Waals surface area (Å²) in [7, 11) is 0. The summed E-state index contributed by atoms with van der Waals surface area (Å²) in [4.78, 5) is 24.6. The Morgan fingerprint density at radius 3 is 2.84 bits per heavy atom. The largest absolute Gasteiger partial charge is 0.481 e. The number of carboxylic acid groups (broad SMARTS) is 1. The first-order valence-corrected chi connectivity index (χ1v) is 6.46. The molecule has 2 rings (SSSR count). The molecule has 0 aliphatic carbocycles. The third-order valence-electron chi connectivity index (χ3n) is 3.53. The van der Waals surface area contributed by atoms with Gasteiger partial charge in [-0.05, 0) is 13.3 Å². The monoisotopic (exact) mass is 272 g/mol. The Hall–Kier alpha value is -1.34. The van der Waals surface area contributed by atoms with Crippen LogP contribution in [0.25, 0.3) is 0 Å². The van der Waals surface area contributed by atoms with Crippen molar-refractivity contribution in [2.45, 2.75) is 31.3 Å². The number of carbonyl (C=O) groups excluding carboxylic acids is 1. The van der Waals surface area contributed by atoms with Gasteiger partial charge in [0.15, 0.2) is 0 Å². The quantitative estimate of drug-likeness (QED) is 0.758. The molecule has 0 bridgehead atoms. The van der Waals surface area contributed by atoms with Crippen molar-refractivity contribution < 1.29 is 24.2 Å². The first-order valence-electron chi connectivity index (χ1n) is 6.46. The lowest BCUT2D eigenvalue weighted by Crippen LogP contribution is -2.58. The van der Waals surface area contributed by atoms with Crippen molar-refractivity contribution in [3.05, 3.63) is 0 Å². The molecule has 2 amide bonds. The van der Waals surface area contributed by atoms with Gasteiger partial charge in [-0.25, -0.2) is 4.79 Å². The molecule has 108 valence electrons. The molecule has 2 N–H and O–H groups in total. The number of ether oxygens (including phenoxy) is 2. The molecule has 0 spiro atoms. The van der Waals surface area contributed by atoms with Crippen molar-refractivity contribution in [2.75, 3.05) is 33.0 Å². The van der Waals surface area contributed by atoms with Gasteiger partial charge < -0.3 is 24.8 Å². The fraction of sp³-hybridized carbons (Fsp3) is 0.833. The molecule has 2 saturated heterocycles. The van der Waals surface area contributed by atoms with Gasteiger partial charge >= 0.3 is 12.0 Å². The van der Waals surface area contributed by atoms with Gasteiger partial charge in [-0.1, -0.05) is 0 Å². The highest BCUT2D eigenvalue weighted by atomic mass is 16.5. The van der Waals surface area contributed by atoms with Crippen molar-refractivity contribution >= 4 is 12.0 Å². The van der Waals surface area contributed by atoms with E-state index in [2.05, 4.69) is 5.32 Å². The van der Waals surface area contributed by atoms with Crippen LogP contribution in [-0.4, -0.2) is 66.6 Å². The molecule has 7 nitrogen and oxygen atoms in total. The average Bonchev–Trinajstić information content (AvgIpc) is 2.75. The molecule has 2 unspecified atom stereocenters. The molecule has 2 heterocycles. The lowest BCUT2D eigenvalue weighted by molar-refractivity contribution is -0.139. The molecule has 0 aromatic rings. The summed E-state index contributed by atoms with van der Waals surface area (Å²) in [5, 5.41) is 11.8. The highest BCUT2D eigenvalue weighted by molar-refractivity contribution is 5.77. The van der Waals surface area contributed by atoms with E-state index in [1.165, 1.54) is 0 Å². The van der Waals surface area contributed by atoms with Gasteiger partial charge in [0.05, 0.1) is 37.8 Å². The van der Waals surface area contributed by atoms with Crippen molar-refractivity contribution in [3.63, 3.8) is 0 Å². The zero-order chi connectivity index (χ0) is 13.9. The van der Waals surface area contributed by atoms with E-state index in [4.69, 9.17) is 14.6 Å². The standard InChI is InChI=1S/C12H20N2O5/c1-12(2-4-19-8-12)13-11(17)14-3-5-18-7-9(14)6-10(15)16/h9H,2-8H2,1H3,(H,13,17)(H,15,16). The zero-order valence-corrected chi connectivity index (χ0v) is 11.1. The van der Waals surface area contributed by atoms with E-state index < -0.39 is 12.0 Å². The summed E-state index contributed by atoms with van der Waals surface area (Å²) in [6.07, 6.45) is 0.674. The van der Waals surface area contributed by atoms with E-state index in [-0.39, 0.29) is 24.6 Å². The SMILES string of the molecule is CC1(NC(=O)N2CCOCC2CC(=O)O)CCOC1. The van der Waals surface area contributed by atoms with Crippen molar-refractivity contribution in [2.24, 2.45) is 0 Å². The number of carboxylic acids is 1. The van der Waals surface area contributed by atoms with E-state index in [1.807, 2.05) is 6.92 Å². The number of aliphatic carboxylic acids is 1. The Morgan fingerprint density at radius 1 is 1.42 bits per heavy atom. The molecule has 2 aliphatic rings. The van der Waals surface area contributed by atoms with Gasteiger partial charge in [0.2, 0.25) is 0 Å². The molecule has 2 fully saturated rings. The minimum Gasteiger partial charge on any atom is -0.481 e. The second kappa shape index (κ2) is 5.75. The number of morpholine rings is 1. The number of rotatable bonds is 3. The van der Waals surface area contributed by atoms with Gasteiger partial charge in [-0.2, -0.15) is 0 Å². The second-order valence-electron chi connectivity index (χ2n) is 5.31. The summed E-state index contributed by atoms with van der Waals surface area (Å²) in [5.41, 5.74) is -0.358. The minimum atomic E-state index is -0.927. The highest BCUT2D eigenvalue weighted by Gasteiger charge is 2.36. The predicted octanol–water partition coefficient (Wildman–Crippen LogP) is 0.0505. The number of carbonyl (C=O) groups is 2. The lowest BCUT2D eigenvalue weighted by Gasteiger charge is -2.37. The first kappa shape index (κ1) is 14.1. The van der Waals surface area contributed by atoms with Crippen LogP contribution >= 0.6 is 0 Å². The smallest absolute Gasteiger partial charge is 0.318 e. The van der Waals surface area contributed by atoms with Gasteiger partial charge in [-0.3, -0.25) is 4.79 Å². The molecule has 7 heteroatoms. The summed E-state index contributed by atoms with van der Waals surface area (Å²) < 4.78 is 10.5. The van der Waals surface area contributed by atoms with Crippen LogP contribution in [0.3, 0.4) is 0 Å². The first-order chi connectivity index (χ1) is 9.00. The Labute approximate surface area is 111 Å². The van der Waals surface area contributed by atoms with Gasteiger partial charge in [0.1, 0.15) is 0 Å². The fourth-order valence-electron chi connectivity index (χ4n) is 2.39. The highest BCUT2D eigenvalue weighted by Crippen LogP contribution is 2.19. The van der Waals surface area contributed by atoms with E-state index >= 15 is 0 Å². The number of amides is 2. The summed E-state index contributed by atoms with van der Waals surface area (Å²) in [5.74, 6) is -0.927. The molecule has 2 aliphatic heterocycles. The van der Waals surface area contributed by atoms with Gasteiger partial charge in [0, 0.05) is 13.2 Å². The van der Waals surface area contributed by atoms with E-state index in [9.17, 15) is 9.59 Å². The molecule has 0 saturated carbocycles. The van der Waals surface area contributed by atoms with Crippen LogP contribution in [-0.2, 0) is 14.3 Å². The summed E-state index contributed by atoms with van der Waals surface area (Å²) >= 11 is 0. The normalized spacial score (nSPS) is 31.2. The fourth-order valence-corrected chi connectivity index (χ4v) is 2.39. The molecule has 2 atom stereocenters. The van der Waals surface area contributed by atoms with Crippen molar-refractivity contribution in [1.82, 2.24) is 10.2 Å². The number of nitrogens with one attached hydrogen (secondary N) is 1. The van der Waals surface area contributed by atoms with E-state index in [0.29, 0.717) is 26.4 Å². The Balaban J connectivity index is 1.96. The maximum Gasteiger partial charge on any atom is 0.318 e. The lowest BCUT2D eigenvalue weighted by atomic mass is 10.0. The molecular formula is C12H20N2O5. The van der Waals surface area contributed by atoms with Crippen LogP contribution in [0.1, 0.15) is 19.8 Å². The van der Waals surface area contributed by atoms with Crippen LogP contribution in [0, 0.1) is 0 Å². The van der Waals surface area contributed by atoms with E-state index in [1.54, 1.807) is 4.90 Å². The molecule has 19 heavy (non-hydrogen) atoms. The van der Waals surface area contributed by atoms with Crippen LogP contribution in [0.15, 0.2) is 0 Å². The Morgan fingerprint density at radius 2 is 2.21 bits per heavy atom. The van der Waals surface area contributed by atoms with Crippen LogP contribution in [0.2, 0.25) is 0 Å². The zero-order valence-electron chi connectivity index (χ0n) is 11.1. The van der Waals surface area contributed by atoms with Gasteiger partial charge in [-0.15, -0.1) is 0 Å². The summed E-state index contributed by atoms with van der Waals surface area (Å²) in [6, 6.07) is -0.639. The topological polar surface area (TPSA) is 88.1 Å². The number of urea groups is 1. The molecule has 0 radical (unpaired) electrons. The maximum absolute atomic E-state index is 12.3. The molecular weight excluding hydrogens is 252 g/mol. The van der Waals surface area contributed by atoms with Gasteiger partial charge in [0.25, 0.3) is 0 Å². The Kier molecular flexibility index (Phi) is 4.26. The number of hydrogen-bond acceptors (Lipinski definition) is 4. The summed E-state index contributed by atoms with van der Waals surface area (Å²) in [6.45, 7) is 4.19. The Bertz CT molecular complexity index is 354. The predicted molar refractivity (Wildman–Crippen MR) is 65.9 cm³/mol. The minimum absolute atomic E-state index is 0.0966. The molecule has 0 aromatic heterocycles. The van der Waals surface area contributed by atoms with Crippen LogP contribution in [0.4, 0.5) is 4.79 Å². The van der Waals surface area contributed by atoms with E-state index in [0.717, 1.165) is 6.42 Å². The maximum atomic E-state index is 12.3. The third kappa shape index (κ3) is 3.57. The van der Waals surface area contributed by atoms with Crippen LogP contribution < -0.4 is 5.32 Å².